The Balaban J connectivity index is 2.01. The van der Waals surface area contributed by atoms with Crippen molar-refractivity contribution in [3.63, 3.8) is 0 Å². The monoisotopic (exact) mass is 421 g/mol. The number of nitrogens with zero attached hydrogens (tertiary/aromatic N) is 2. The third-order valence-electron chi connectivity index (χ3n) is 5.48. The van der Waals surface area contributed by atoms with Crippen LogP contribution in [0.25, 0.3) is 0 Å². The number of hydrogen-bond acceptors (Lipinski definition) is 3. The molecule has 0 radical (unpaired) electrons. The molecule has 0 bridgehead atoms. The third-order valence-corrected chi connectivity index (χ3v) is 5.48. The summed E-state index contributed by atoms with van der Waals surface area (Å²) < 4.78 is 16.0. The number of aliphatic hydroxyl groups excluding tert-OH is 1. The van der Waals surface area contributed by atoms with Gasteiger partial charge in [0.25, 0.3) is 5.56 Å². The standard InChI is InChI=1S/C23H21FN4O3/c1-13-17(21(29)26-16-7-5-4-6-8-16)18(14-9-11-15(24)12-10-14)19-20(25-13)27(2)23(31)28(3)22(19)30/h4-12,18,25H,1-3H3,(H,26,29)/p+1. The number of para-hydroxylation sites is 1. The van der Waals surface area contributed by atoms with E-state index in [-0.39, 0.29) is 5.90 Å². The summed E-state index contributed by atoms with van der Waals surface area (Å²) in [6.45, 7) is 1.75. The van der Waals surface area contributed by atoms with Crippen LogP contribution in [0.4, 0.5) is 15.9 Å². The first-order valence-electron chi connectivity index (χ1n) is 9.71. The Morgan fingerprint density at radius 1 is 1.03 bits per heavy atom. The van der Waals surface area contributed by atoms with Gasteiger partial charge in [-0.1, -0.05) is 30.3 Å². The minimum atomic E-state index is -0.724. The van der Waals surface area contributed by atoms with Crippen molar-refractivity contribution in [2.24, 2.45) is 14.1 Å². The minimum absolute atomic E-state index is 0.146. The van der Waals surface area contributed by atoms with E-state index in [1.165, 1.54) is 23.7 Å². The summed E-state index contributed by atoms with van der Waals surface area (Å²) in [7, 11) is 2.97. The molecule has 4 rings (SSSR count). The van der Waals surface area contributed by atoms with Crippen LogP contribution in [-0.2, 0) is 14.1 Å². The van der Waals surface area contributed by atoms with E-state index < -0.39 is 23.0 Å². The van der Waals surface area contributed by atoms with Crippen LogP contribution in [0.3, 0.4) is 0 Å². The van der Waals surface area contributed by atoms with Crippen molar-refractivity contribution in [3.05, 3.63) is 104 Å². The Morgan fingerprint density at radius 2 is 1.68 bits per heavy atom. The summed E-state index contributed by atoms with van der Waals surface area (Å²) in [5.41, 5.74) is 1.59. The first-order chi connectivity index (χ1) is 14.8. The molecule has 31 heavy (non-hydrogen) atoms. The molecule has 1 aliphatic heterocycles. The van der Waals surface area contributed by atoms with E-state index in [1.807, 2.05) is 18.2 Å². The van der Waals surface area contributed by atoms with Gasteiger partial charge in [0, 0.05) is 31.9 Å². The lowest BCUT2D eigenvalue weighted by atomic mass is 9.82. The highest BCUT2D eigenvalue weighted by Gasteiger charge is 2.38. The molecule has 1 unspecified atom stereocenters. The summed E-state index contributed by atoms with van der Waals surface area (Å²) in [6, 6.07) is 14.9. The summed E-state index contributed by atoms with van der Waals surface area (Å²) >= 11 is 0. The van der Waals surface area contributed by atoms with Crippen LogP contribution in [-0.4, -0.2) is 20.1 Å². The topological polar surface area (TPSA) is 90.2 Å². The summed E-state index contributed by atoms with van der Waals surface area (Å²) in [5, 5.41) is 14.1. The zero-order chi connectivity index (χ0) is 22.3. The Morgan fingerprint density at radius 3 is 2.32 bits per heavy atom. The fraction of sp³-hybridized carbons (Fsp3) is 0.174. The van der Waals surface area contributed by atoms with Crippen molar-refractivity contribution in [1.82, 2.24) is 9.13 Å². The number of fused-ring (bicyclic) bond motifs is 1. The number of aliphatic hydroxyl groups is 1. The lowest BCUT2D eigenvalue weighted by molar-refractivity contribution is -0.365. The van der Waals surface area contributed by atoms with Crippen LogP contribution >= 0.6 is 0 Å². The summed E-state index contributed by atoms with van der Waals surface area (Å²) in [4.78, 5) is 28.6. The molecule has 2 aromatic carbocycles. The molecule has 2 heterocycles. The van der Waals surface area contributed by atoms with Gasteiger partial charge in [-0.25, -0.2) is 9.18 Å². The van der Waals surface area contributed by atoms with Gasteiger partial charge in [0.1, 0.15) is 11.6 Å². The molecule has 8 heteroatoms. The number of halogens is 1. The predicted molar refractivity (Wildman–Crippen MR) is 116 cm³/mol. The smallest absolute Gasteiger partial charge is 0.370 e. The maximum Gasteiger partial charge on any atom is 0.370 e. The fourth-order valence-electron chi connectivity index (χ4n) is 3.92. The molecule has 1 atom stereocenters. The third kappa shape index (κ3) is 3.46. The van der Waals surface area contributed by atoms with E-state index in [1.54, 1.807) is 38.2 Å². The lowest BCUT2D eigenvalue weighted by Crippen LogP contribution is -2.67. The number of anilines is 1. The normalized spacial score (nSPS) is 16.1. The quantitative estimate of drug-likeness (QED) is 0.441. The molecule has 158 valence electrons. The minimum Gasteiger partial charge on any atom is -0.460 e. The second kappa shape index (κ2) is 7.71. The van der Waals surface area contributed by atoms with Gasteiger partial charge < -0.3 is 10.4 Å². The van der Waals surface area contributed by atoms with Crippen molar-refractivity contribution >= 4 is 17.4 Å². The second-order valence-electron chi connectivity index (χ2n) is 7.46. The van der Waals surface area contributed by atoms with E-state index in [0.29, 0.717) is 33.9 Å². The predicted octanol–water partition coefficient (Wildman–Crippen LogP) is 1.42. The van der Waals surface area contributed by atoms with E-state index in [2.05, 4.69) is 10.3 Å². The second-order valence-corrected chi connectivity index (χ2v) is 7.46. The van der Waals surface area contributed by atoms with Crippen LogP contribution in [0.2, 0.25) is 0 Å². The molecule has 7 nitrogen and oxygen atoms in total. The highest BCUT2D eigenvalue weighted by Crippen LogP contribution is 2.39. The van der Waals surface area contributed by atoms with Crippen molar-refractivity contribution < 1.29 is 14.5 Å². The van der Waals surface area contributed by atoms with Gasteiger partial charge in [-0.2, -0.15) is 4.99 Å². The molecule has 1 aromatic heterocycles. The maximum atomic E-state index is 13.6. The maximum absolute atomic E-state index is 13.6. The number of rotatable bonds is 3. The molecule has 0 amide bonds. The van der Waals surface area contributed by atoms with Crippen LogP contribution < -0.4 is 21.6 Å². The van der Waals surface area contributed by atoms with Gasteiger partial charge in [-0.15, -0.1) is 0 Å². The number of nitrogens with one attached hydrogen (secondary N) is 2. The Bertz CT molecular complexity index is 1340. The Labute approximate surface area is 177 Å². The zero-order valence-corrected chi connectivity index (χ0v) is 17.3. The molecular formula is C23H22FN4O3+. The van der Waals surface area contributed by atoms with Crippen molar-refractivity contribution in [3.8, 4) is 0 Å². The van der Waals surface area contributed by atoms with Gasteiger partial charge >= 0.3 is 11.6 Å². The number of benzene rings is 2. The van der Waals surface area contributed by atoms with Gasteiger partial charge in [0.2, 0.25) is 5.69 Å². The largest absolute Gasteiger partial charge is 0.460 e. The highest BCUT2D eigenvalue weighted by molar-refractivity contribution is 5.93. The van der Waals surface area contributed by atoms with Gasteiger partial charge in [-0.3, -0.25) is 13.9 Å². The van der Waals surface area contributed by atoms with Crippen LogP contribution in [0.1, 0.15) is 24.0 Å². The SMILES string of the molecule is CC1=C(C(O)=[NH+]c2ccccc2)C(c2ccc(F)cc2)c2c(n(C)c(=O)n(C)c2=O)N1. The molecule has 1 aliphatic rings. The van der Waals surface area contributed by atoms with Crippen molar-refractivity contribution in [2.45, 2.75) is 12.8 Å². The Hall–Kier alpha value is -3.94. The first-order valence-corrected chi connectivity index (χ1v) is 9.71. The van der Waals surface area contributed by atoms with E-state index in [0.717, 1.165) is 4.57 Å². The average molecular weight is 421 g/mol. The molecule has 0 saturated heterocycles. The molecular weight excluding hydrogens is 399 g/mol. The molecule has 3 aromatic rings. The molecule has 0 spiro atoms. The first kappa shape index (κ1) is 20.3. The highest BCUT2D eigenvalue weighted by atomic mass is 19.1. The summed E-state index contributed by atoms with van der Waals surface area (Å²) in [5.74, 6) is -0.939. The summed E-state index contributed by atoms with van der Waals surface area (Å²) in [6.07, 6.45) is 0. The molecule has 3 N–H and O–H groups in total. The van der Waals surface area contributed by atoms with Crippen LogP contribution in [0.15, 0.2) is 75.5 Å². The molecule has 0 fully saturated rings. The fourth-order valence-corrected chi connectivity index (χ4v) is 3.92. The number of hydrogen-bond donors (Lipinski definition) is 3. The lowest BCUT2D eigenvalue weighted by Gasteiger charge is -2.29. The molecule has 0 aliphatic carbocycles. The van der Waals surface area contributed by atoms with E-state index in [4.69, 9.17) is 0 Å². The number of allylic oxidation sites excluding steroid dienone is 1. The van der Waals surface area contributed by atoms with Gasteiger partial charge in [0.15, 0.2) is 0 Å². The van der Waals surface area contributed by atoms with E-state index in [9.17, 15) is 19.1 Å². The Kier molecular flexibility index (Phi) is 5.06. The van der Waals surface area contributed by atoms with Crippen molar-refractivity contribution in [1.29, 1.82) is 0 Å². The van der Waals surface area contributed by atoms with Crippen LogP contribution in [0, 0.1) is 5.82 Å². The van der Waals surface area contributed by atoms with E-state index >= 15 is 0 Å². The van der Waals surface area contributed by atoms with Crippen LogP contribution in [0.5, 0.6) is 0 Å². The van der Waals surface area contributed by atoms with Gasteiger partial charge in [0.05, 0.1) is 17.1 Å². The average Bonchev–Trinajstić information content (AvgIpc) is 2.76. The van der Waals surface area contributed by atoms with Gasteiger partial charge in [-0.05, 0) is 24.6 Å². The number of aromatic nitrogens is 2. The molecule has 0 saturated carbocycles. The zero-order valence-electron chi connectivity index (χ0n) is 17.3. The van der Waals surface area contributed by atoms with Crippen molar-refractivity contribution in [2.75, 3.05) is 5.32 Å².